The van der Waals surface area contributed by atoms with E-state index in [-0.39, 0.29) is 11.5 Å². The minimum absolute atomic E-state index is 0.0894. The molecule has 0 aliphatic heterocycles. The maximum atomic E-state index is 11.4. The zero-order valence-corrected chi connectivity index (χ0v) is 19.1. The number of aliphatic hydroxyl groups is 1. The lowest BCUT2D eigenvalue weighted by Gasteiger charge is -2.52. The Kier molecular flexibility index (Phi) is 5.74. The first kappa shape index (κ1) is 20.5. The highest BCUT2D eigenvalue weighted by molar-refractivity contribution is 6.80. The van der Waals surface area contributed by atoms with Crippen LogP contribution in [0.25, 0.3) is 0 Å². The molecule has 0 bridgehead atoms. The predicted molar refractivity (Wildman–Crippen MR) is 109 cm³/mol. The molecule has 2 saturated carbocycles. The molecule has 0 aromatic heterocycles. The van der Waals surface area contributed by atoms with E-state index in [1.165, 1.54) is 12.8 Å². The van der Waals surface area contributed by atoms with Gasteiger partial charge in [0.15, 0.2) is 0 Å². The molecule has 0 radical (unpaired) electrons. The molecule has 0 spiro atoms. The molecule has 142 valence electrons. The van der Waals surface area contributed by atoms with Gasteiger partial charge in [-0.3, -0.25) is 0 Å². The molecule has 1 N–H and O–H groups in total. The molecular weight excluding hydrogens is 308 g/mol. The van der Waals surface area contributed by atoms with Crippen molar-refractivity contribution in [3.8, 4) is 0 Å². The van der Waals surface area contributed by atoms with E-state index in [9.17, 15) is 5.11 Å². The van der Waals surface area contributed by atoms with Crippen molar-refractivity contribution in [2.24, 2.45) is 40.9 Å². The average molecular weight is 353 g/mol. The molecule has 2 rings (SSSR count). The third-order valence-corrected chi connectivity index (χ3v) is 13.9. The Morgan fingerprint density at radius 2 is 1.25 bits per heavy atom. The van der Waals surface area contributed by atoms with Crippen molar-refractivity contribution in [1.82, 2.24) is 0 Å². The van der Waals surface area contributed by atoms with Crippen LogP contribution in [0.3, 0.4) is 0 Å². The Morgan fingerprint density at radius 3 is 1.67 bits per heavy atom. The van der Waals surface area contributed by atoms with Crippen molar-refractivity contribution in [2.45, 2.75) is 98.5 Å². The van der Waals surface area contributed by atoms with E-state index in [1.54, 1.807) is 0 Å². The maximum Gasteiger partial charge on any atom is 0.0578 e. The van der Waals surface area contributed by atoms with Gasteiger partial charge in [-0.05, 0) is 64.8 Å². The van der Waals surface area contributed by atoms with Crippen LogP contribution in [0, 0.1) is 40.9 Å². The van der Waals surface area contributed by atoms with Gasteiger partial charge in [0.2, 0.25) is 0 Å². The van der Waals surface area contributed by atoms with Gasteiger partial charge in [0.25, 0.3) is 0 Å². The molecule has 8 atom stereocenters. The normalized spacial score (nSPS) is 47.9. The molecule has 2 heteroatoms. The minimum Gasteiger partial charge on any atom is -0.393 e. The van der Waals surface area contributed by atoms with E-state index >= 15 is 0 Å². The zero-order valence-electron chi connectivity index (χ0n) is 18.1. The van der Waals surface area contributed by atoms with Gasteiger partial charge in [-0.25, -0.2) is 0 Å². The van der Waals surface area contributed by atoms with Crippen molar-refractivity contribution in [3.63, 3.8) is 0 Å². The van der Waals surface area contributed by atoms with Gasteiger partial charge in [-0.15, -0.1) is 0 Å². The summed E-state index contributed by atoms with van der Waals surface area (Å²) in [5, 5.41) is 11.4. The maximum absolute atomic E-state index is 11.4. The molecule has 8 unspecified atom stereocenters. The summed E-state index contributed by atoms with van der Waals surface area (Å²) in [6.45, 7) is 24.6. The Hall–Kier alpha value is 0.177. The molecule has 0 aromatic rings. The number of aliphatic hydroxyl groups excluding tert-OH is 1. The lowest BCUT2D eigenvalue weighted by molar-refractivity contribution is -0.00743. The van der Waals surface area contributed by atoms with Gasteiger partial charge in [0.05, 0.1) is 14.2 Å². The fourth-order valence-corrected chi connectivity index (χ4v) is 12.8. The van der Waals surface area contributed by atoms with Gasteiger partial charge in [0, 0.05) is 0 Å². The summed E-state index contributed by atoms with van der Waals surface area (Å²) >= 11 is 0. The largest absolute Gasteiger partial charge is 0.393 e. The van der Waals surface area contributed by atoms with E-state index in [4.69, 9.17) is 0 Å². The second-order valence-electron chi connectivity index (χ2n) is 11.4. The smallest absolute Gasteiger partial charge is 0.0578 e. The van der Waals surface area contributed by atoms with Crippen LogP contribution >= 0.6 is 0 Å². The van der Waals surface area contributed by atoms with Crippen LogP contribution < -0.4 is 0 Å². The summed E-state index contributed by atoms with van der Waals surface area (Å²) in [4.78, 5) is 0. The van der Waals surface area contributed by atoms with E-state index in [1.807, 2.05) is 0 Å². The molecule has 0 aromatic carbocycles. The standard InChI is InChI=1S/C22H44OSi/c1-13-11-18(22(6,7)8)20(23)19(12-13)24(9,10)21-16(4)14(2)15(3)17(21)5/h13-21,23H,11-12H2,1-10H3. The number of rotatable bonds is 2. The van der Waals surface area contributed by atoms with Crippen LogP contribution in [0.4, 0.5) is 0 Å². The van der Waals surface area contributed by atoms with E-state index in [2.05, 4.69) is 68.5 Å². The van der Waals surface area contributed by atoms with Crippen LogP contribution in [-0.2, 0) is 0 Å². The molecule has 0 heterocycles. The predicted octanol–water partition coefficient (Wildman–Crippen LogP) is 6.45. The van der Waals surface area contributed by atoms with E-state index in [0.717, 1.165) is 35.1 Å². The second kappa shape index (κ2) is 6.72. The quantitative estimate of drug-likeness (QED) is 0.566. The lowest BCUT2D eigenvalue weighted by Crippen LogP contribution is -2.52. The summed E-state index contributed by atoms with van der Waals surface area (Å²) < 4.78 is 0. The van der Waals surface area contributed by atoms with Crippen molar-refractivity contribution in [2.75, 3.05) is 0 Å². The molecule has 1 nitrogen and oxygen atoms in total. The first-order valence-electron chi connectivity index (χ1n) is 10.5. The topological polar surface area (TPSA) is 20.2 Å². The Labute approximate surface area is 153 Å². The first-order valence-corrected chi connectivity index (χ1v) is 13.6. The molecule has 0 amide bonds. The Morgan fingerprint density at radius 1 is 0.792 bits per heavy atom. The minimum atomic E-state index is -1.55. The SMILES string of the molecule is CC1CC(C(C)(C)C)C(O)C([Si](C)(C)C2C(C)C(C)C(C)C2C)C1. The second-order valence-corrected chi connectivity index (χ2v) is 16.5. The zero-order chi connectivity index (χ0) is 18.6. The van der Waals surface area contributed by atoms with Crippen molar-refractivity contribution in [1.29, 1.82) is 0 Å². The third kappa shape index (κ3) is 3.39. The summed E-state index contributed by atoms with van der Waals surface area (Å²) in [6.07, 6.45) is 2.37. The van der Waals surface area contributed by atoms with E-state index < -0.39 is 8.07 Å². The molecule has 2 fully saturated rings. The monoisotopic (exact) mass is 352 g/mol. The highest BCUT2D eigenvalue weighted by Gasteiger charge is 2.55. The molecule has 2 aliphatic rings. The summed E-state index contributed by atoms with van der Waals surface area (Å²) in [5.74, 6) is 4.50. The fraction of sp³-hybridized carbons (Fsp3) is 1.00. The van der Waals surface area contributed by atoms with Crippen molar-refractivity contribution >= 4 is 8.07 Å². The number of hydrogen-bond acceptors (Lipinski definition) is 1. The first-order chi connectivity index (χ1) is 10.8. The highest BCUT2D eigenvalue weighted by Crippen LogP contribution is 2.59. The summed E-state index contributed by atoms with van der Waals surface area (Å²) in [7, 11) is -1.55. The van der Waals surface area contributed by atoms with Gasteiger partial charge in [-0.1, -0.05) is 68.5 Å². The number of hydrogen-bond donors (Lipinski definition) is 1. The molecular formula is C22H44OSi. The molecule has 24 heavy (non-hydrogen) atoms. The van der Waals surface area contributed by atoms with Crippen LogP contribution in [0.1, 0.15) is 68.2 Å². The van der Waals surface area contributed by atoms with E-state index in [0.29, 0.717) is 11.5 Å². The molecule has 2 aliphatic carbocycles. The van der Waals surface area contributed by atoms with Crippen LogP contribution in [0.15, 0.2) is 0 Å². The fourth-order valence-electron chi connectivity index (χ4n) is 6.83. The van der Waals surface area contributed by atoms with Crippen molar-refractivity contribution < 1.29 is 5.11 Å². The lowest BCUT2D eigenvalue weighted by atomic mass is 9.67. The third-order valence-electron chi connectivity index (χ3n) is 8.69. The Balaban J connectivity index is 2.33. The van der Waals surface area contributed by atoms with Crippen LogP contribution in [0.2, 0.25) is 24.2 Å². The van der Waals surface area contributed by atoms with Gasteiger partial charge in [-0.2, -0.15) is 0 Å². The highest BCUT2D eigenvalue weighted by atomic mass is 28.3. The van der Waals surface area contributed by atoms with Crippen LogP contribution in [-0.4, -0.2) is 19.3 Å². The van der Waals surface area contributed by atoms with Gasteiger partial charge >= 0.3 is 0 Å². The van der Waals surface area contributed by atoms with Crippen LogP contribution in [0.5, 0.6) is 0 Å². The average Bonchev–Trinajstić information content (AvgIpc) is 2.64. The molecule has 0 saturated heterocycles. The summed E-state index contributed by atoms with van der Waals surface area (Å²) in [5.41, 5.74) is 1.63. The van der Waals surface area contributed by atoms with Crippen molar-refractivity contribution in [3.05, 3.63) is 0 Å². The van der Waals surface area contributed by atoms with Gasteiger partial charge < -0.3 is 5.11 Å². The Bertz CT molecular complexity index is 424. The summed E-state index contributed by atoms with van der Waals surface area (Å²) in [6, 6.07) is 0. The van der Waals surface area contributed by atoms with Gasteiger partial charge in [0.1, 0.15) is 0 Å².